The number of esters is 1. The van der Waals surface area contributed by atoms with Gasteiger partial charge in [0.2, 0.25) is 0 Å². The molecule has 0 aliphatic carbocycles. The molecule has 1 N–H and O–H groups in total. The lowest BCUT2D eigenvalue weighted by Crippen LogP contribution is -2.28. The second-order valence-corrected chi connectivity index (χ2v) is 5.20. The molecule has 0 saturated carbocycles. The number of carbonyl (C=O) groups is 2. The fourth-order valence-corrected chi connectivity index (χ4v) is 2.00. The van der Waals surface area contributed by atoms with Gasteiger partial charge in [0.25, 0.3) is 5.91 Å². The number of ether oxygens (including phenoxy) is 1. The van der Waals surface area contributed by atoms with Crippen molar-refractivity contribution in [2.75, 3.05) is 6.61 Å². The Balaban J connectivity index is 2.22. The molecule has 1 heterocycles. The number of benzene rings is 1. The molecular weight excluding hydrogens is 362 g/mol. The number of amides is 1. The van der Waals surface area contributed by atoms with Crippen LogP contribution in [-0.2, 0) is 9.53 Å². The molecule has 0 bridgehead atoms. The molecule has 0 unspecified atom stereocenters. The van der Waals surface area contributed by atoms with Gasteiger partial charge in [0.05, 0.1) is 0 Å². The number of nitrogens with one attached hydrogen (secondary N) is 1. The first kappa shape index (κ1) is 16.8. The van der Waals surface area contributed by atoms with Crippen molar-refractivity contribution in [3.8, 4) is 0 Å². The van der Waals surface area contributed by atoms with Gasteiger partial charge in [0.15, 0.2) is 10.4 Å². The molecule has 23 heavy (non-hydrogen) atoms. The minimum absolute atomic E-state index is 0.00979. The van der Waals surface area contributed by atoms with Crippen molar-refractivity contribution in [1.82, 2.24) is 5.32 Å². The molecule has 1 aromatic heterocycles. The third-order valence-electron chi connectivity index (χ3n) is 2.71. The molecule has 1 amide bonds. The highest BCUT2D eigenvalue weighted by atomic mass is 79.9. The van der Waals surface area contributed by atoms with E-state index < -0.39 is 11.9 Å². The zero-order chi connectivity index (χ0) is 16.7. The normalized spacial score (nSPS) is 10.9. The maximum absolute atomic E-state index is 12.1. The molecule has 6 heteroatoms. The van der Waals surface area contributed by atoms with Crippen molar-refractivity contribution in [2.45, 2.75) is 0 Å². The fraction of sp³-hybridized carbons (Fsp3) is 0.0588. The number of halogens is 1. The van der Waals surface area contributed by atoms with Crippen molar-refractivity contribution in [1.29, 1.82) is 0 Å². The Labute approximate surface area is 141 Å². The number of hydrogen-bond donors (Lipinski definition) is 1. The van der Waals surface area contributed by atoms with Crippen LogP contribution in [0.3, 0.4) is 0 Å². The molecule has 5 nitrogen and oxygen atoms in total. The summed E-state index contributed by atoms with van der Waals surface area (Å²) in [7, 11) is 0. The van der Waals surface area contributed by atoms with Crippen LogP contribution in [-0.4, -0.2) is 18.5 Å². The SMILES string of the molecule is C=CCOC(=O)C(=Cc1ccccc1)NC(=O)c1ccc(Br)o1. The predicted octanol–water partition coefficient (Wildman–Crippen LogP) is 3.54. The zero-order valence-electron chi connectivity index (χ0n) is 12.1. The van der Waals surface area contributed by atoms with E-state index in [1.807, 2.05) is 18.2 Å². The maximum atomic E-state index is 12.1. The summed E-state index contributed by atoms with van der Waals surface area (Å²) in [6, 6.07) is 12.2. The quantitative estimate of drug-likeness (QED) is 0.476. The first-order chi connectivity index (χ1) is 11.1. The number of carbonyl (C=O) groups excluding carboxylic acids is 2. The van der Waals surface area contributed by atoms with E-state index in [2.05, 4.69) is 27.8 Å². The Morgan fingerprint density at radius 2 is 1.96 bits per heavy atom. The minimum atomic E-state index is -0.660. The fourth-order valence-electron chi connectivity index (χ4n) is 1.69. The average Bonchev–Trinajstić information content (AvgIpc) is 2.99. The van der Waals surface area contributed by atoms with Crippen LogP contribution in [0.1, 0.15) is 16.1 Å². The van der Waals surface area contributed by atoms with Crippen molar-refractivity contribution < 1.29 is 18.7 Å². The van der Waals surface area contributed by atoms with Gasteiger partial charge in [-0.25, -0.2) is 4.79 Å². The molecule has 0 atom stereocenters. The highest BCUT2D eigenvalue weighted by Crippen LogP contribution is 2.15. The van der Waals surface area contributed by atoms with Gasteiger partial charge in [0, 0.05) is 0 Å². The Morgan fingerprint density at radius 1 is 1.22 bits per heavy atom. The first-order valence-electron chi connectivity index (χ1n) is 6.71. The first-order valence-corrected chi connectivity index (χ1v) is 7.51. The van der Waals surface area contributed by atoms with Crippen LogP contribution >= 0.6 is 15.9 Å². The lowest BCUT2D eigenvalue weighted by Gasteiger charge is -2.08. The van der Waals surface area contributed by atoms with E-state index in [9.17, 15) is 9.59 Å². The second kappa shape index (κ2) is 8.14. The van der Waals surface area contributed by atoms with Gasteiger partial charge in [0.1, 0.15) is 12.3 Å². The van der Waals surface area contributed by atoms with Crippen LogP contribution in [0.4, 0.5) is 0 Å². The smallest absolute Gasteiger partial charge is 0.355 e. The number of hydrogen-bond acceptors (Lipinski definition) is 4. The van der Waals surface area contributed by atoms with E-state index in [4.69, 9.17) is 9.15 Å². The van der Waals surface area contributed by atoms with Crippen LogP contribution in [0.25, 0.3) is 6.08 Å². The summed E-state index contributed by atoms with van der Waals surface area (Å²) in [5, 5.41) is 2.50. The van der Waals surface area contributed by atoms with Crippen molar-refractivity contribution in [3.05, 3.63) is 76.8 Å². The molecule has 118 valence electrons. The van der Waals surface area contributed by atoms with Crippen LogP contribution in [0, 0.1) is 0 Å². The average molecular weight is 376 g/mol. The lowest BCUT2D eigenvalue weighted by molar-refractivity contribution is -0.138. The van der Waals surface area contributed by atoms with Crippen molar-refractivity contribution in [2.24, 2.45) is 0 Å². The topological polar surface area (TPSA) is 68.5 Å². The van der Waals surface area contributed by atoms with Crippen LogP contribution in [0.5, 0.6) is 0 Å². The molecule has 2 rings (SSSR count). The monoisotopic (exact) mass is 375 g/mol. The Kier molecular flexibility index (Phi) is 5.94. The summed E-state index contributed by atoms with van der Waals surface area (Å²) in [6.45, 7) is 3.53. The Hall–Kier alpha value is -2.60. The zero-order valence-corrected chi connectivity index (χ0v) is 13.7. The maximum Gasteiger partial charge on any atom is 0.355 e. The third kappa shape index (κ3) is 4.96. The molecule has 0 saturated heterocycles. The molecular formula is C17H14BrNO4. The van der Waals surface area contributed by atoms with Gasteiger partial charge in [-0.15, -0.1) is 0 Å². The summed E-state index contributed by atoms with van der Waals surface area (Å²) in [6.07, 6.45) is 2.98. The van der Waals surface area contributed by atoms with Crippen LogP contribution in [0.2, 0.25) is 0 Å². The molecule has 0 aliphatic heterocycles. The summed E-state index contributed by atoms with van der Waals surface area (Å²) < 4.78 is 10.6. The molecule has 1 aromatic carbocycles. The van der Waals surface area contributed by atoms with E-state index in [0.29, 0.717) is 4.67 Å². The summed E-state index contributed by atoms with van der Waals surface area (Å²) in [5.41, 5.74) is 0.759. The van der Waals surface area contributed by atoms with Crippen LogP contribution < -0.4 is 5.32 Å². The van der Waals surface area contributed by atoms with Gasteiger partial charge < -0.3 is 14.5 Å². The van der Waals surface area contributed by atoms with E-state index >= 15 is 0 Å². The number of rotatable bonds is 6. The summed E-state index contributed by atoms with van der Waals surface area (Å²) >= 11 is 3.12. The second-order valence-electron chi connectivity index (χ2n) is 4.41. The summed E-state index contributed by atoms with van der Waals surface area (Å²) in [5.74, 6) is -1.13. The van der Waals surface area contributed by atoms with Gasteiger partial charge in [-0.1, -0.05) is 43.0 Å². The number of furan rings is 1. The van der Waals surface area contributed by atoms with Crippen molar-refractivity contribution in [3.63, 3.8) is 0 Å². The molecule has 0 fully saturated rings. The van der Waals surface area contributed by atoms with Gasteiger partial charge in [-0.05, 0) is 39.7 Å². The minimum Gasteiger partial charge on any atom is -0.457 e. The molecule has 0 aliphatic rings. The third-order valence-corrected chi connectivity index (χ3v) is 3.13. The Morgan fingerprint density at radius 3 is 2.57 bits per heavy atom. The van der Waals surface area contributed by atoms with Crippen LogP contribution in [0.15, 0.2) is 69.9 Å². The largest absolute Gasteiger partial charge is 0.457 e. The van der Waals surface area contributed by atoms with Gasteiger partial charge in [-0.3, -0.25) is 4.79 Å². The Bertz CT molecular complexity index is 734. The lowest BCUT2D eigenvalue weighted by atomic mass is 10.2. The molecule has 0 radical (unpaired) electrons. The van der Waals surface area contributed by atoms with E-state index in [-0.39, 0.29) is 18.1 Å². The highest BCUT2D eigenvalue weighted by Gasteiger charge is 2.17. The van der Waals surface area contributed by atoms with Crippen molar-refractivity contribution >= 4 is 33.9 Å². The summed E-state index contributed by atoms with van der Waals surface area (Å²) in [4.78, 5) is 24.2. The molecule has 0 spiro atoms. The van der Waals surface area contributed by atoms with Gasteiger partial charge in [-0.2, -0.15) is 0 Å². The highest BCUT2D eigenvalue weighted by molar-refractivity contribution is 9.10. The standard InChI is InChI=1S/C17H14BrNO4/c1-2-10-22-17(21)13(11-12-6-4-3-5-7-12)19-16(20)14-8-9-15(18)23-14/h2-9,11H,1,10H2,(H,19,20). The van der Waals surface area contributed by atoms with E-state index in [0.717, 1.165) is 5.56 Å². The van der Waals surface area contributed by atoms with E-state index in [1.165, 1.54) is 18.2 Å². The molecule has 2 aromatic rings. The van der Waals surface area contributed by atoms with E-state index in [1.54, 1.807) is 18.2 Å². The predicted molar refractivity (Wildman–Crippen MR) is 89.4 cm³/mol. The van der Waals surface area contributed by atoms with Gasteiger partial charge >= 0.3 is 5.97 Å².